The number of rotatable bonds is 11. The number of carbonyl (C=O) groups is 2. The standard InChI is InChI=1S/C28H28N4O3/c1-3-16-32(19-22-7-5-6-21(17-22)18-29)20-27(33)30-24-10-8-23(9-11-24)28(34)31-25-12-14-26(15-13-25)35-4-2/h3,5-15,17H,1,4,16,19-20H2,2H3,(H,30,33)(H,31,34). The zero-order chi connectivity index (χ0) is 25.0. The minimum atomic E-state index is -0.246. The van der Waals surface area contributed by atoms with E-state index in [1.807, 2.05) is 30.0 Å². The van der Waals surface area contributed by atoms with Gasteiger partial charge in [0.05, 0.1) is 24.8 Å². The number of benzene rings is 3. The molecule has 0 spiro atoms. The smallest absolute Gasteiger partial charge is 0.255 e. The molecule has 0 unspecified atom stereocenters. The van der Waals surface area contributed by atoms with Crippen molar-refractivity contribution in [3.8, 4) is 11.8 Å². The van der Waals surface area contributed by atoms with Gasteiger partial charge in [-0.15, -0.1) is 6.58 Å². The molecule has 7 heteroatoms. The molecule has 3 rings (SSSR count). The van der Waals surface area contributed by atoms with Gasteiger partial charge >= 0.3 is 0 Å². The Morgan fingerprint density at radius 1 is 1.03 bits per heavy atom. The number of ether oxygens (including phenoxy) is 1. The van der Waals surface area contributed by atoms with Crippen LogP contribution in [0.5, 0.6) is 5.75 Å². The number of hydrogen-bond acceptors (Lipinski definition) is 5. The van der Waals surface area contributed by atoms with Gasteiger partial charge in [0.1, 0.15) is 5.75 Å². The molecule has 0 bridgehead atoms. The van der Waals surface area contributed by atoms with Crippen molar-refractivity contribution in [3.05, 3.63) is 102 Å². The Morgan fingerprint density at radius 2 is 1.71 bits per heavy atom. The van der Waals surface area contributed by atoms with Gasteiger partial charge in [-0.3, -0.25) is 14.5 Å². The number of hydrogen-bond donors (Lipinski definition) is 2. The van der Waals surface area contributed by atoms with Gasteiger partial charge in [-0.2, -0.15) is 5.26 Å². The Kier molecular flexibility index (Phi) is 9.17. The molecule has 0 radical (unpaired) electrons. The highest BCUT2D eigenvalue weighted by Gasteiger charge is 2.12. The van der Waals surface area contributed by atoms with Crippen LogP contribution in [0.1, 0.15) is 28.4 Å². The highest BCUT2D eigenvalue weighted by Crippen LogP contribution is 2.17. The lowest BCUT2D eigenvalue weighted by molar-refractivity contribution is -0.117. The quantitative estimate of drug-likeness (QED) is 0.393. The molecule has 0 atom stereocenters. The van der Waals surface area contributed by atoms with E-state index in [2.05, 4.69) is 23.3 Å². The van der Waals surface area contributed by atoms with E-state index in [-0.39, 0.29) is 18.4 Å². The van der Waals surface area contributed by atoms with Gasteiger partial charge in [-0.25, -0.2) is 0 Å². The van der Waals surface area contributed by atoms with Crippen LogP contribution in [0.2, 0.25) is 0 Å². The normalized spacial score (nSPS) is 10.3. The topological polar surface area (TPSA) is 94.5 Å². The molecule has 0 aliphatic carbocycles. The fraction of sp³-hybridized carbons (Fsp3) is 0.179. The Morgan fingerprint density at radius 3 is 2.37 bits per heavy atom. The van der Waals surface area contributed by atoms with E-state index in [9.17, 15) is 9.59 Å². The van der Waals surface area contributed by atoms with Gasteiger partial charge in [0, 0.05) is 30.0 Å². The second-order valence-electron chi connectivity index (χ2n) is 7.81. The first-order chi connectivity index (χ1) is 17.0. The van der Waals surface area contributed by atoms with Crippen molar-refractivity contribution in [2.24, 2.45) is 0 Å². The summed E-state index contributed by atoms with van der Waals surface area (Å²) in [5, 5.41) is 14.8. The maximum atomic E-state index is 12.6. The average molecular weight is 469 g/mol. The fourth-order valence-electron chi connectivity index (χ4n) is 3.48. The van der Waals surface area contributed by atoms with Crippen LogP contribution in [0.25, 0.3) is 0 Å². The molecule has 0 heterocycles. The summed E-state index contributed by atoms with van der Waals surface area (Å²) in [7, 11) is 0. The molecule has 3 aromatic rings. The number of nitriles is 1. The van der Waals surface area contributed by atoms with E-state index in [1.165, 1.54) is 0 Å². The lowest BCUT2D eigenvalue weighted by Gasteiger charge is -2.20. The van der Waals surface area contributed by atoms with E-state index >= 15 is 0 Å². The lowest BCUT2D eigenvalue weighted by atomic mass is 10.1. The van der Waals surface area contributed by atoms with Crippen molar-refractivity contribution in [3.63, 3.8) is 0 Å². The van der Waals surface area contributed by atoms with Crippen molar-refractivity contribution in [2.75, 3.05) is 30.3 Å². The largest absolute Gasteiger partial charge is 0.494 e. The Hall–Kier alpha value is -4.41. The predicted octanol–water partition coefficient (Wildman–Crippen LogP) is 4.84. The Balaban J connectivity index is 1.55. The van der Waals surface area contributed by atoms with Crippen molar-refractivity contribution in [2.45, 2.75) is 13.5 Å². The van der Waals surface area contributed by atoms with Crippen molar-refractivity contribution < 1.29 is 14.3 Å². The summed E-state index contributed by atoms with van der Waals surface area (Å²) in [6.07, 6.45) is 1.74. The predicted molar refractivity (Wildman–Crippen MR) is 137 cm³/mol. The lowest BCUT2D eigenvalue weighted by Crippen LogP contribution is -2.33. The molecule has 0 aliphatic heterocycles. The van der Waals surface area contributed by atoms with Gasteiger partial charge in [0.2, 0.25) is 5.91 Å². The molecule has 178 valence electrons. The number of nitrogens with one attached hydrogen (secondary N) is 2. The third-order valence-corrected chi connectivity index (χ3v) is 5.07. The molecule has 0 saturated carbocycles. The second kappa shape index (κ2) is 12.7. The summed E-state index contributed by atoms with van der Waals surface area (Å²) in [6, 6.07) is 23.3. The van der Waals surface area contributed by atoms with E-state index in [0.717, 1.165) is 11.3 Å². The Bertz CT molecular complexity index is 1200. The fourth-order valence-corrected chi connectivity index (χ4v) is 3.48. The highest BCUT2D eigenvalue weighted by atomic mass is 16.5. The summed E-state index contributed by atoms with van der Waals surface area (Å²) in [5.74, 6) is 0.312. The second-order valence-corrected chi connectivity index (χ2v) is 7.81. The summed E-state index contributed by atoms with van der Waals surface area (Å²) < 4.78 is 5.41. The SMILES string of the molecule is C=CCN(CC(=O)Nc1ccc(C(=O)Nc2ccc(OCC)cc2)cc1)Cc1cccc(C#N)c1. The van der Waals surface area contributed by atoms with Crippen LogP contribution in [-0.2, 0) is 11.3 Å². The molecule has 7 nitrogen and oxygen atoms in total. The molecule has 0 fully saturated rings. The van der Waals surface area contributed by atoms with Crippen LogP contribution >= 0.6 is 0 Å². The van der Waals surface area contributed by atoms with Gasteiger partial charge in [-0.05, 0) is 73.2 Å². The summed E-state index contributed by atoms with van der Waals surface area (Å²) in [5.41, 5.74) is 3.26. The van der Waals surface area contributed by atoms with E-state index in [0.29, 0.717) is 42.2 Å². The molecule has 0 aromatic heterocycles. The molecule has 0 aliphatic rings. The minimum Gasteiger partial charge on any atom is -0.494 e. The van der Waals surface area contributed by atoms with Crippen LogP contribution < -0.4 is 15.4 Å². The monoisotopic (exact) mass is 468 g/mol. The van der Waals surface area contributed by atoms with Gasteiger partial charge in [0.15, 0.2) is 0 Å². The maximum absolute atomic E-state index is 12.6. The minimum absolute atomic E-state index is 0.156. The number of carbonyl (C=O) groups excluding carboxylic acids is 2. The summed E-state index contributed by atoms with van der Waals surface area (Å²) in [6.45, 7) is 7.45. The molecule has 2 N–H and O–H groups in total. The highest BCUT2D eigenvalue weighted by molar-refractivity contribution is 6.04. The number of anilines is 2. The maximum Gasteiger partial charge on any atom is 0.255 e. The van der Waals surface area contributed by atoms with Gasteiger partial charge in [-0.1, -0.05) is 18.2 Å². The summed E-state index contributed by atoms with van der Waals surface area (Å²) in [4.78, 5) is 27.1. The van der Waals surface area contributed by atoms with Crippen LogP contribution in [0, 0.1) is 11.3 Å². The average Bonchev–Trinajstić information content (AvgIpc) is 2.86. The third kappa shape index (κ3) is 7.84. The van der Waals surface area contributed by atoms with Crippen molar-refractivity contribution in [1.29, 1.82) is 5.26 Å². The van der Waals surface area contributed by atoms with E-state index in [1.54, 1.807) is 60.7 Å². The molecule has 2 amide bonds. The number of amides is 2. The zero-order valence-electron chi connectivity index (χ0n) is 19.7. The first kappa shape index (κ1) is 25.2. The molecule has 35 heavy (non-hydrogen) atoms. The third-order valence-electron chi connectivity index (χ3n) is 5.07. The van der Waals surface area contributed by atoms with E-state index in [4.69, 9.17) is 10.00 Å². The molecular weight excluding hydrogens is 440 g/mol. The van der Waals surface area contributed by atoms with Gasteiger partial charge < -0.3 is 15.4 Å². The van der Waals surface area contributed by atoms with Gasteiger partial charge in [0.25, 0.3) is 5.91 Å². The number of nitrogens with zero attached hydrogens (tertiary/aromatic N) is 2. The first-order valence-electron chi connectivity index (χ1n) is 11.3. The van der Waals surface area contributed by atoms with Crippen LogP contribution in [0.15, 0.2) is 85.5 Å². The molecular formula is C28H28N4O3. The first-order valence-corrected chi connectivity index (χ1v) is 11.3. The summed E-state index contributed by atoms with van der Waals surface area (Å²) >= 11 is 0. The molecule has 3 aromatic carbocycles. The van der Waals surface area contributed by atoms with E-state index < -0.39 is 0 Å². The van der Waals surface area contributed by atoms with Crippen molar-refractivity contribution in [1.82, 2.24) is 4.90 Å². The van der Waals surface area contributed by atoms with Crippen molar-refractivity contribution >= 4 is 23.2 Å². The van der Waals surface area contributed by atoms with Crippen LogP contribution in [0.4, 0.5) is 11.4 Å². The Labute approximate surface area is 205 Å². The zero-order valence-corrected chi connectivity index (χ0v) is 19.7. The van der Waals surface area contributed by atoms with Crippen LogP contribution in [0.3, 0.4) is 0 Å². The van der Waals surface area contributed by atoms with Crippen LogP contribution in [-0.4, -0.2) is 36.4 Å². The molecule has 0 saturated heterocycles.